The fourth-order valence-electron chi connectivity index (χ4n) is 3.01. The van der Waals surface area contributed by atoms with Crippen molar-refractivity contribution in [3.8, 4) is 0 Å². The number of likely N-dealkylation sites (N-methyl/N-ethyl adjacent to an activating group) is 1. The van der Waals surface area contributed by atoms with Crippen LogP contribution in [0, 0.1) is 6.92 Å². The van der Waals surface area contributed by atoms with E-state index < -0.39 is 0 Å². The first-order valence-electron chi connectivity index (χ1n) is 7.72. The van der Waals surface area contributed by atoms with Gasteiger partial charge in [-0.05, 0) is 38.7 Å². The summed E-state index contributed by atoms with van der Waals surface area (Å²) in [6.07, 6.45) is 4.21. The van der Waals surface area contributed by atoms with Crippen LogP contribution in [0.2, 0.25) is 0 Å². The fourth-order valence-corrected chi connectivity index (χ4v) is 3.01. The topological polar surface area (TPSA) is 9.23 Å². The molecule has 1 aliphatic rings. The summed E-state index contributed by atoms with van der Waals surface area (Å²) in [5, 5.41) is 0. The molecule has 2 nitrogen and oxygen atoms in total. The largest absolute Gasteiger partial charge is 0.371 e. The molecule has 0 saturated carbocycles. The van der Waals surface area contributed by atoms with Gasteiger partial charge < -0.3 is 9.22 Å². The number of aryl methyl sites for hydroxylation is 1. The average Bonchev–Trinajstić information content (AvgIpc) is 2.46. The fraction of sp³-hybridized carbons (Fsp3) is 0.647. The molecule has 0 aromatic heterocycles. The molecule has 19 heavy (non-hydrogen) atoms. The lowest BCUT2D eigenvalue weighted by molar-refractivity contribution is -0.931. The van der Waals surface area contributed by atoms with Gasteiger partial charge in [-0.25, -0.2) is 0 Å². The summed E-state index contributed by atoms with van der Waals surface area (Å²) in [7, 11) is 0. The Balaban J connectivity index is 1.72. The van der Waals surface area contributed by atoms with E-state index in [4.69, 9.17) is 4.74 Å². The third-order valence-corrected chi connectivity index (χ3v) is 4.54. The van der Waals surface area contributed by atoms with Crippen molar-refractivity contribution in [2.45, 2.75) is 39.7 Å². The van der Waals surface area contributed by atoms with Gasteiger partial charge in [0.2, 0.25) is 0 Å². The minimum Gasteiger partial charge on any atom is -0.371 e. The lowest BCUT2D eigenvalue weighted by Gasteiger charge is -2.40. The number of quaternary nitrogens is 1. The number of piperidine rings is 1. The van der Waals surface area contributed by atoms with Crippen molar-refractivity contribution < 1.29 is 9.22 Å². The van der Waals surface area contributed by atoms with Crippen LogP contribution in [0.3, 0.4) is 0 Å². The molecule has 0 atom stereocenters. The Hall–Kier alpha value is -0.860. The maximum Gasteiger partial charge on any atom is 0.102 e. The Kier molecular flexibility index (Phi) is 5.41. The number of nitrogens with zero attached hydrogens (tertiary/aromatic N) is 1. The number of rotatable bonds is 6. The van der Waals surface area contributed by atoms with Crippen LogP contribution in [0.25, 0.3) is 0 Å². The van der Waals surface area contributed by atoms with Crippen LogP contribution in [0.1, 0.15) is 37.3 Å². The van der Waals surface area contributed by atoms with E-state index in [0.29, 0.717) is 0 Å². The highest BCUT2D eigenvalue weighted by Crippen LogP contribution is 2.18. The normalized spacial score (nSPS) is 18.4. The predicted molar refractivity (Wildman–Crippen MR) is 80.1 cm³/mol. The van der Waals surface area contributed by atoms with E-state index in [0.717, 1.165) is 13.2 Å². The standard InChI is InChI=1S/C17H28NO/c1-3-18(11-5-4-6-12-18)13-14-19-15-17-9-7-16(2)8-10-17/h7-10H,3-6,11-15H2,1-2H3/q+1. The molecule has 0 N–H and O–H groups in total. The molecule has 1 aliphatic heterocycles. The van der Waals surface area contributed by atoms with Gasteiger partial charge in [0, 0.05) is 0 Å². The van der Waals surface area contributed by atoms with E-state index >= 15 is 0 Å². The molecule has 1 heterocycles. The molecule has 106 valence electrons. The smallest absolute Gasteiger partial charge is 0.102 e. The Bertz CT molecular complexity index is 365. The number of hydrogen-bond acceptors (Lipinski definition) is 1. The van der Waals surface area contributed by atoms with Gasteiger partial charge in [-0.3, -0.25) is 0 Å². The summed E-state index contributed by atoms with van der Waals surface area (Å²) in [6.45, 7) is 11.2. The highest BCUT2D eigenvalue weighted by Gasteiger charge is 2.27. The van der Waals surface area contributed by atoms with Crippen LogP contribution in [0.5, 0.6) is 0 Å². The van der Waals surface area contributed by atoms with Crippen molar-refractivity contribution in [1.29, 1.82) is 0 Å². The number of ether oxygens (including phenoxy) is 1. The van der Waals surface area contributed by atoms with Gasteiger partial charge >= 0.3 is 0 Å². The van der Waals surface area contributed by atoms with Crippen LogP contribution >= 0.6 is 0 Å². The Morgan fingerprint density at radius 3 is 2.37 bits per heavy atom. The van der Waals surface area contributed by atoms with E-state index in [9.17, 15) is 0 Å². The van der Waals surface area contributed by atoms with E-state index in [1.54, 1.807) is 0 Å². The molecule has 0 unspecified atom stereocenters. The molecular weight excluding hydrogens is 234 g/mol. The number of likely N-dealkylation sites (tertiary alicyclic amines) is 1. The second-order valence-electron chi connectivity index (χ2n) is 5.93. The zero-order valence-electron chi connectivity index (χ0n) is 12.5. The summed E-state index contributed by atoms with van der Waals surface area (Å²) in [4.78, 5) is 0. The average molecular weight is 262 g/mol. The maximum atomic E-state index is 5.87. The predicted octanol–water partition coefficient (Wildman–Crippen LogP) is 3.53. The molecule has 0 spiro atoms. The van der Waals surface area contributed by atoms with E-state index in [1.165, 1.54) is 61.1 Å². The quantitative estimate of drug-likeness (QED) is 0.563. The third-order valence-electron chi connectivity index (χ3n) is 4.54. The molecule has 1 aromatic rings. The Morgan fingerprint density at radius 2 is 1.74 bits per heavy atom. The van der Waals surface area contributed by atoms with Crippen molar-refractivity contribution in [3.63, 3.8) is 0 Å². The summed E-state index contributed by atoms with van der Waals surface area (Å²) >= 11 is 0. The first kappa shape index (κ1) is 14.5. The molecule has 2 heteroatoms. The Morgan fingerprint density at radius 1 is 1.05 bits per heavy atom. The molecule has 0 aliphatic carbocycles. The summed E-state index contributed by atoms with van der Waals surface area (Å²) in [5.41, 5.74) is 2.60. The van der Waals surface area contributed by atoms with Gasteiger partial charge in [-0.15, -0.1) is 0 Å². The molecule has 0 amide bonds. The monoisotopic (exact) mass is 262 g/mol. The maximum absolute atomic E-state index is 5.87. The third kappa shape index (κ3) is 4.32. The molecule has 0 bridgehead atoms. The lowest BCUT2D eigenvalue weighted by Crippen LogP contribution is -2.53. The van der Waals surface area contributed by atoms with Crippen LogP contribution in [0.15, 0.2) is 24.3 Å². The second kappa shape index (κ2) is 7.06. The van der Waals surface area contributed by atoms with Crippen LogP contribution in [0.4, 0.5) is 0 Å². The highest BCUT2D eigenvalue weighted by atomic mass is 16.5. The number of benzene rings is 1. The van der Waals surface area contributed by atoms with Gasteiger partial charge in [0.15, 0.2) is 0 Å². The SMILES string of the molecule is CC[N+]1(CCOCc2ccc(C)cc2)CCCCC1. The van der Waals surface area contributed by atoms with Crippen molar-refractivity contribution in [2.75, 3.05) is 32.8 Å². The summed E-state index contributed by atoms with van der Waals surface area (Å²) < 4.78 is 7.15. The molecule has 0 radical (unpaired) electrons. The minimum absolute atomic E-state index is 0.754. The zero-order chi connectivity index (χ0) is 13.6. The summed E-state index contributed by atoms with van der Waals surface area (Å²) in [5.74, 6) is 0. The first-order valence-corrected chi connectivity index (χ1v) is 7.72. The molecule has 1 fully saturated rings. The van der Waals surface area contributed by atoms with E-state index in [-0.39, 0.29) is 0 Å². The van der Waals surface area contributed by atoms with Crippen LogP contribution in [-0.2, 0) is 11.3 Å². The van der Waals surface area contributed by atoms with Gasteiger partial charge in [0.25, 0.3) is 0 Å². The van der Waals surface area contributed by atoms with Crippen molar-refractivity contribution in [3.05, 3.63) is 35.4 Å². The molecule has 2 rings (SSSR count). The molecular formula is C17H28NO+. The van der Waals surface area contributed by atoms with E-state index in [2.05, 4.69) is 38.1 Å². The van der Waals surface area contributed by atoms with Gasteiger partial charge in [-0.1, -0.05) is 29.8 Å². The molecule has 1 aromatic carbocycles. The first-order chi connectivity index (χ1) is 9.24. The van der Waals surface area contributed by atoms with Crippen molar-refractivity contribution in [1.82, 2.24) is 0 Å². The second-order valence-corrected chi connectivity index (χ2v) is 5.93. The lowest BCUT2D eigenvalue weighted by atomic mass is 10.1. The van der Waals surface area contributed by atoms with Crippen LogP contribution < -0.4 is 0 Å². The van der Waals surface area contributed by atoms with Gasteiger partial charge in [0.05, 0.1) is 32.8 Å². The Labute approximate surface area is 118 Å². The number of hydrogen-bond donors (Lipinski definition) is 0. The minimum atomic E-state index is 0.754. The van der Waals surface area contributed by atoms with Gasteiger partial charge in [0.1, 0.15) is 6.54 Å². The van der Waals surface area contributed by atoms with Crippen molar-refractivity contribution in [2.24, 2.45) is 0 Å². The summed E-state index contributed by atoms with van der Waals surface area (Å²) in [6, 6.07) is 8.65. The molecule has 1 saturated heterocycles. The van der Waals surface area contributed by atoms with Crippen molar-refractivity contribution >= 4 is 0 Å². The highest BCUT2D eigenvalue weighted by molar-refractivity contribution is 5.20. The zero-order valence-corrected chi connectivity index (χ0v) is 12.5. The van der Waals surface area contributed by atoms with E-state index in [1.807, 2.05) is 0 Å². The van der Waals surface area contributed by atoms with Crippen LogP contribution in [-0.4, -0.2) is 37.3 Å². The van der Waals surface area contributed by atoms with Gasteiger partial charge in [-0.2, -0.15) is 0 Å².